The van der Waals surface area contributed by atoms with Crippen molar-refractivity contribution in [1.29, 1.82) is 0 Å². The van der Waals surface area contributed by atoms with E-state index in [0.29, 0.717) is 5.69 Å². The Kier molecular flexibility index (Phi) is 5.76. The van der Waals surface area contributed by atoms with Crippen LogP contribution in [0.25, 0.3) is 0 Å². The second-order valence-electron chi connectivity index (χ2n) is 5.82. The van der Waals surface area contributed by atoms with Gasteiger partial charge < -0.3 is 4.74 Å². The van der Waals surface area contributed by atoms with E-state index in [2.05, 4.69) is 4.72 Å². The van der Waals surface area contributed by atoms with Crippen LogP contribution in [-0.2, 0) is 29.1 Å². The zero-order chi connectivity index (χ0) is 19.5. The van der Waals surface area contributed by atoms with E-state index in [0.717, 1.165) is 11.2 Å². The first-order valence-electron chi connectivity index (χ1n) is 7.71. The molecule has 1 N–H and O–H groups in total. The Hall–Kier alpha value is -2.75. The first-order chi connectivity index (χ1) is 12.1. The van der Waals surface area contributed by atoms with Crippen LogP contribution in [0.15, 0.2) is 24.3 Å². The average molecular weight is 382 g/mol. The molecule has 1 aliphatic rings. The molecule has 10 heteroatoms. The maximum absolute atomic E-state index is 12.3. The fourth-order valence-electron chi connectivity index (χ4n) is 2.37. The summed E-state index contributed by atoms with van der Waals surface area (Å²) in [5.74, 6) is -2.24. The Morgan fingerprint density at radius 3 is 2.19 bits per heavy atom. The number of ketones is 1. The van der Waals surface area contributed by atoms with Crippen molar-refractivity contribution in [1.82, 2.24) is 4.90 Å². The number of sulfonamides is 1. The van der Waals surface area contributed by atoms with Gasteiger partial charge in [-0.25, -0.2) is 8.42 Å². The van der Waals surface area contributed by atoms with E-state index in [1.807, 2.05) is 0 Å². The number of imide groups is 1. The van der Waals surface area contributed by atoms with Crippen molar-refractivity contribution in [2.75, 3.05) is 17.5 Å². The maximum atomic E-state index is 12.3. The number of rotatable bonds is 7. The van der Waals surface area contributed by atoms with Crippen molar-refractivity contribution in [3.63, 3.8) is 0 Å². The Labute approximate surface area is 150 Å². The summed E-state index contributed by atoms with van der Waals surface area (Å²) in [6.07, 6.45) is 0.0100. The molecule has 2 rings (SSSR count). The Morgan fingerprint density at radius 1 is 1.15 bits per heavy atom. The summed E-state index contributed by atoms with van der Waals surface area (Å²) in [7, 11) is -3.43. The van der Waals surface area contributed by atoms with E-state index >= 15 is 0 Å². The quantitative estimate of drug-likeness (QED) is 0.409. The van der Waals surface area contributed by atoms with Gasteiger partial charge in [0.2, 0.25) is 27.6 Å². The second kappa shape index (κ2) is 7.65. The highest BCUT2D eigenvalue weighted by Gasteiger charge is 2.31. The summed E-state index contributed by atoms with van der Waals surface area (Å²) in [5.41, 5.74) is 0.512. The molecule has 0 saturated carbocycles. The number of nitrogens with zero attached hydrogens (tertiary/aromatic N) is 1. The number of likely N-dealkylation sites (tertiary alicyclic amines) is 1. The van der Waals surface area contributed by atoms with E-state index in [4.69, 9.17) is 4.74 Å². The normalized spacial score (nSPS) is 15.7. The number of ether oxygens (including phenoxy) is 1. The molecule has 26 heavy (non-hydrogen) atoms. The molecular formula is C16H18N2O7S. The summed E-state index contributed by atoms with van der Waals surface area (Å²) in [4.78, 5) is 47.9. The van der Waals surface area contributed by atoms with E-state index in [1.165, 1.54) is 31.2 Å². The van der Waals surface area contributed by atoms with Crippen molar-refractivity contribution in [3.8, 4) is 0 Å². The van der Waals surface area contributed by atoms with Gasteiger partial charge in [0.25, 0.3) is 0 Å². The molecule has 2 amide bonds. The third kappa shape index (κ3) is 5.12. The molecule has 1 aliphatic heterocycles. The number of esters is 1. The van der Waals surface area contributed by atoms with Gasteiger partial charge in [-0.3, -0.25) is 28.8 Å². The summed E-state index contributed by atoms with van der Waals surface area (Å²) in [6, 6.07) is 5.61. The summed E-state index contributed by atoms with van der Waals surface area (Å²) in [5, 5.41) is 0. The van der Waals surface area contributed by atoms with Crippen LogP contribution in [0.3, 0.4) is 0 Å². The minimum atomic E-state index is -3.43. The summed E-state index contributed by atoms with van der Waals surface area (Å²) >= 11 is 0. The number of Topliss-reactive ketones (excluding diaryl/α,β-unsaturated/α-hetero) is 1. The minimum absolute atomic E-state index is 0.0640. The predicted octanol–water partition coefficient (Wildman–Crippen LogP) is 0.321. The number of carbonyl (C=O) groups is 4. The van der Waals surface area contributed by atoms with E-state index in [9.17, 15) is 27.6 Å². The molecule has 9 nitrogen and oxygen atoms in total. The van der Waals surface area contributed by atoms with Crippen LogP contribution in [0, 0.1) is 0 Å². The minimum Gasteiger partial charge on any atom is -0.453 e. The van der Waals surface area contributed by atoms with Crippen molar-refractivity contribution < 1.29 is 32.3 Å². The Balaban J connectivity index is 1.95. The zero-order valence-corrected chi connectivity index (χ0v) is 15.0. The highest BCUT2D eigenvalue weighted by molar-refractivity contribution is 7.92. The van der Waals surface area contributed by atoms with Gasteiger partial charge in [-0.1, -0.05) is 0 Å². The van der Waals surface area contributed by atoms with Crippen molar-refractivity contribution >= 4 is 39.3 Å². The molecular weight excluding hydrogens is 364 g/mol. The lowest BCUT2D eigenvalue weighted by molar-refractivity contribution is -0.154. The van der Waals surface area contributed by atoms with Gasteiger partial charge in [-0.05, 0) is 31.2 Å². The maximum Gasteiger partial charge on any atom is 0.326 e. The zero-order valence-electron chi connectivity index (χ0n) is 14.2. The van der Waals surface area contributed by atoms with Gasteiger partial charge in [0, 0.05) is 24.1 Å². The largest absolute Gasteiger partial charge is 0.453 e. The van der Waals surface area contributed by atoms with E-state index in [-0.39, 0.29) is 18.4 Å². The molecule has 0 radical (unpaired) electrons. The van der Waals surface area contributed by atoms with Crippen molar-refractivity contribution in [2.24, 2.45) is 0 Å². The molecule has 140 valence electrons. The fraction of sp³-hybridized carbons (Fsp3) is 0.375. The number of nitrogens with one attached hydrogen (secondary N) is 1. The highest BCUT2D eigenvalue weighted by Crippen LogP contribution is 2.15. The first-order valence-corrected chi connectivity index (χ1v) is 9.60. The van der Waals surface area contributed by atoms with Crippen LogP contribution >= 0.6 is 0 Å². The molecule has 1 saturated heterocycles. The number of amides is 2. The average Bonchev–Trinajstić information content (AvgIpc) is 2.85. The third-order valence-electron chi connectivity index (χ3n) is 3.59. The Bertz CT molecular complexity index is 830. The van der Waals surface area contributed by atoms with Crippen LogP contribution in [0.1, 0.15) is 30.1 Å². The highest BCUT2D eigenvalue weighted by atomic mass is 32.2. The van der Waals surface area contributed by atoms with Gasteiger partial charge in [0.15, 0.2) is 6.10 Å². The number of anilines is 1. The van der Waals surface area contributed by atoms with Crippen molar-refractivity contribution in [3.05, 3.63) is 29.8 Å². The molecule has 1 aromatic carbocycles. The lowest BCUT2D eigenvalue weighted by atomic mass is 10.1. The molecule has 0 bridgehead atoms. The van der Waals surface area contributed by atoms with Gasteiger partial charge in [-0.15, -0.1) is 0 Å². The van der Waals surface area contributed by atoms with E-state index < -0.39 is 46.2 Å². The molecule has 1 unspecified atom stereocenters. The van der Waals surface area contributed by atoms with Gasteiger partial charge in [-0.2, -0.15) is 0 Å². The van der Waals surface area contributed by atoms with Crippen molar-refractivity contribution in [2.45, 2.75) is 25.9 Å². The number of carbonyl (C=O) groups excluding carboxylic acids is 4. The number of benzene rings is 1. The van der Waals surface area contributed by atoms with Crippen LogP contribution < -0.4 is 4.72 Å². The van der Waals surface area contributed by atoms with Gasteiger partial charge in [0.1, 0.15) is 6.54 Å². The lowest BCUT2D eigenvalue weighted by Gasteiger charge is -2.16. The molecule has 1 heterocycles. The van der Waals surface area contributed by atoms with Crippen LogP contribution in [0.4, 0.5) is 5.69 Å². The molecule has 1 aromatic rings. The van der Waals surface area contributed by atoms with Crippen LogP contribution in [0.5, 0.6) is 0 Å². The lowest BCUT2D eigenvalue weighted by Crippen LogP contribution is -2.37. The predicted molar refractivity (Wildman–Crippen MR) is 90.7 cm³/mol. The topological polar surface area (TPSA) is 127 Å². The van der Waals surface area contributed by atoms with Crippen LogP contribution in [-0.4, -0.2) is 55.8 Å². The molecule has 1 atom stereocenters. The number of hydrogen-bond donors (Lipinski definition) is 1. The molecule has 0 aromatic heterocycles. The smallest absolute Gasteiger partial charge is 0.326 e. The van der Waals surface area contributed by atoms with Gasteiger partial charge in [0.05, 0.1) is 6.26 Å². The monoisotopic (exact) mass is 382 g/mol. The molecule has 0 spiro atoms. The molecule has 1 fully saturated rings. The van der Waals surface area contributed by atoms with Crippen LogP contribution in [0.2, 0.25) is 0 Å². The standard InChI is InChI=1S/C16H18N2O7S/c1-10(25-15(21)9-18-13(19)7-8-14(18)20)16(22)11-3-5-12(6-4-11)17-26(2,23)24/h3-6,10,17H,7-9H2,1-2H3. The second-order valence-corrected chi connectivity index (χ2v) is 7.57. The molecule has 0 aliphatic carbocycles. The Morgan fingerprint density at radius 2 is 1.69 bits per heavy atom. The summed E-state index contributed by atoms with van der Waals surface area (Å²) < 4.78 is 29.6. The summed E-state index contributed by atoms with van der Waals surface area (Å²) in [6.45, 7) is 0.850. The van der Waals surface area contributed by atoms with Gasteiger partial charge >= 0.3 is 5.97 Å². The third-order valence-corrected chi connectivity index (χ3v) is 4.20. The first kappa shape index (κ1) is 19.6. The van der Waals surface area contributed by atoms with E-state index in [1.54, 1.807) is 0 Å². The SMILES string of the molecule is CC(OC(=O)CN1C(=O)CCC1=O)C(=O)c1ccc(NS(C)(=O)=O)cc1. The number of hydrogen-bond acceptors (Lipinski definition) is 7. The fourth-order valence-corrected chi connectivity index (χ4v) is 2.93.